The molecule has 1 atom stereocenters. The van der Waals surface area contributed by atoms with Gasteiger partial charge in [0, 0.05) is 23.2 Å². The molecule has 106 valence electrons. The van der Waals surface area contributed by atoms with Crippen LogP contribution in [-0.4, -0.2) is 17.9 Å². The number of benzene rings is 1. The predicted octanol–water partition coefficient (Wildman–Crippen LogP) is 3.29. The molecule has 0 radical (unpaired) electrons. The Bertz CT molecular complexity index is 604. The highest BCUT2D eigenvalue weighted by Gasteiger charge is 2.13. The van der Waals surface area contributed by atoms with Crippen molar-refractivity contribution >= 4 is 22.9 Å². The topological polar surface area (TPSA) is 54.0 Å². The molecule has 0 saturated heterocycles. The molecule has 1 aromatic heterocycles. The van der Waals surface area contributed by atoms with Crippen molar-refractivity contribution in [3.05, 3.63) is 45.4 Å². The van der Waals surface area contributed by atoms with Gasteiger partial charge in [-0.25, -0.2) is 4.98 Å². The number of amides is 1. The molecule has 0 aliphatic rings. The van der Waals surface area contributed by atoms with Crippen molar-refractivity contribution in [2.45, 2.75) is 26.8 Å². The van der Waals surface area contributed by atoms with E-state index in [1.54, 1.807) is 18.4 Å². The third-order valence-corrected chi connectivity index (χ3v) is 4.35. The van der Waals surface area contributed by atoms with Crippen LogP contribution in [0.4, 0.5) is 5.69 Å². The van der Waals surface area contributed by atoms with Gasteiger partial charge in [0.15, 0.2) is 0 Å². The number of nitrogens with one attached hydrogen (secondary N) is 2. The summed E-state index contributed by atoms with van der Waals surface area (Å²) in [5, 5.41) is 7.13. The highest BCUT2D eigenvalue weighted by atomic mass is 32.1. The minimum atomic E-state index is -0.0708. The van der Waals surface area contributed by atoms with Crippen LogP contribution in [-0.2, 0) is 0 Å². The zero-order chi connectivity index (χ0) is 14.7. The molecular weight excluding hydrogens is 270 g/mol. The van der Waals surface area contributed by atoms with E-state index in [-0.39, 0.29) is 11.9 Å². The highest BCUT2D eigenvalue weighted by molar-refractivity contribution is 7.11. The lowest BCUT2D eigenvalue weighted by Crippen LogP contribution is -2.17. The van der Waals surface area contributed by atoms with Crippen molar-refractivity contribution in [3.8, 4) is 0 Å². The molecule has 0 aliphatic carbocycles. The van der Waals surface area contributed by atoms with Crippen molar-refractivity contribution in [3.63, 3.8) is 0 Å². The molecule has 20 heavy (non-hydrogen) atoms. The van der Waals surface area contributed by atoms with Gasteiger partial charge in [-0.1, -0.05) is 0 Å². The summed E-state index contributed by atoms with van der Waals surface area (Å²) in [5.41, 5.74) is 2.74. The maximum Gasteiger partial charge on any atom is 0.251 e. The summed E-state index contributed by atoms with van der Waals surface area (Å²) >= 11 is 1.72. The molecule has 1 aromatic carbocycles. The monoisotopic (exact) mass is 289 g/mol. The van der Waals surface area contributed by atoms with E-state index in [9.17, 15) is 4.79 Å². The molecular formula is C15H19N3OS. The molecule has 1 amide bonds. The number of hydrogen-bond donors (Lipinski definition) is 2. The lowest BCUT2D eigenvalue weighted by molar-refractivity contribution is 0.0963. The molecule has 0 spiro atoms. The minimum absolute atomic E-state index is 0.0708. The van der Waals surface area contributed by atoms with Crippen LogP contribution in [0.5, 0.6) is 0 Å². The number of nitrogens with zero attached hydrogens (tertiary/aromatic N) is 1. The Balaban J connectivity index is 2.10. The highest BCUT2D eigenvalue weighted by Crippen LogP contribution is 2.27. The van der Waals surface area contributed by atoms with E-state index in [1.807, 2.05) is 38.1 Å². The Morgan fingerprint density at radius 3 is 2.40 bits per heavy atom. The third-order valence-electron chi connectivity index (χ3n) is 3.09. The van der Waals surface area contributed by atoms with Gasteiger partial charge in [-0.15, -0.1) is 11.3 Å². The molecule has 0 bridgehead atoms. The van der Waals surface area contributed by atoms with Gasteiger partial charge in [0.1, 0.15) is 0 Å². The smallest absolute Gasteiger partial charge is 0.251 e. The molecule has 0 saturated carbocycles. The van der Waals surface area contributed by atoms with E-state index in [0.717, 1.165) is 16.4 Å². The lowest BCUT2D eigenvalue weighted by Gasteiger charge is -2.14. The fourth-order valence-electron chi connectivity index (χ4n) is 2.13. The van der Waals surface area contributed by atoms with Gasteiger partial charge in [-0.2, -0.15) is 0 Å². The van der Waals surface area contributed by atoms with Gasteiger partial charge in [0.05, 0.1) is 16.7 Å². The largest absolute Gasteiger partial charge is 0.378 e. The summed E-state index contributed by atoms with van der Waals surface area (Å²) in [7, 11) is 1.63. The van der Waals surface area contributed by atoms with Crippen molar-refractivity contribution in [2.75, 3.05) is 12.4 Å². The molecule has 2 aromatic rings. The quantitative estimate of drug-likeness (QED) is 0.908. The number of anilines is 1. The van der Waals surface area contributed by atoms with Gasteiger partial charge in [0.2, 0.25) is 0 Å². The van der Waals surface area contributed by atoms with E-state index in [2.05, 4.69) is 22.5 Å². The number of carbonyl (C=O) groups is 1. The maximum absolute atomic E-state index is 11.5. The summed E-state index contributed by atoms with van der Waals surface area (Å²) in [6.07, 6.45) is 0. The summed E-state index contributed by atoms with van der Waals surface area (Å²) in [6, 6.07) is 7.68. The fraction of sp³-hybridized carbons (Fsp3) is 0.333. The average molecular weight is 289 g/mol. The SMILES string of the molecule is CNC(=O)c1ccc(NC(C)c2sc(C)nc2C)cc1. The average Bonchev–Trinajstić information content (AvgIpc) is 2.78. The first-order valence-electron chi connectivity index (χ1n) is 6.54. The number of hydrogen-bond acceptors (Lipinski definition) is 4. The Kier molecular flexibility index (Phi) is 4.39. The second-order valence-corrected chi connectivity index (χ2v) is 5.94. The predicted molar refractivity (Wildman–Crippen MR) is 83.5 cm³/mol. The Morgan fingerprint density at radius 2 is 1.90 bits per heavy atom. The van der Waals surface area contributed by atoms with Crippen LogP contribution in [0.1, 0.15) is 38.9 Å². The van der Waals surface area contributed by atoms with Crippen LogP contribution in [0, 0.1) is 13.8 Å². The van der Waals surface area contributed by atoms with Gasteiger partial charge in [-0.3, -0.25) is 4.79 Å². The van der Waals surface area contributed by atoms with Crippen molar-refractivity contribution in [2.24, 2.45) is 0 Å². The molecule has 2 rings (SSSR count). The first-order chi connectivity index (χ1) is 9.51. The van der Waals surface area contributed by atoms with Crippen LogP contribution in [0.15, 0.2) is 24.3 Å². The van der Waals surface area contributed by atoms with Gasteiger partial charge < -0.3 is 10.6 Å². The van der Waals surface area contributed by atoms with Crippen LogP contribution < -0.4 is 10.6 Å². The first kappa shape index (κ1) is 14.5. The molecule has 5 heteroatoms. The standard InChI is InChI=1S/C15H19N3OS/c1-9-14(20-11(3)17-9)10(2)18-13-7-5-12(6-8-13)15(19)16-4/h5-8,10,18H,1-4H3,(H,16,19). The second kappa shape index (κ2) is 6.05. The fourth-order valence-corrected chi connectivity index (χ4v) is 3.06. The molecule has 0 fully saturated rings. The van der Waals surface area contributed by atoms with Crippen LogP contribution in [0.3, 0.4) is 0 Å². The van der Waals surface area contributed by atoms with Crippen molar-refractivity contribution < 1.29 is 4.79 Å². The number of rotatable bonds is 4. The lowest BCUT2D eigenvalue weighted by atomic mass is 10.1. The van der Waals surface area contributed by atoms with E-state index in [4.69, 9.17) is 0 Å². The molecule has 1 heterocycles. The molecule has 0 aliphatic heterocycles. The minimum Gasteiger partial charge on any atom is -0.378 e. The summed E-state index contributed by atoms with van der Waals surface area (Å²) < 4.78 is 0. The first-order valence-corrected chi connectivity index (χ1v) is 7.35. The van der Waals surface area contributed by atoms with Gasteiger partial charge in [0.25, 0.3) is 5.91 Å². The normalized spacial score (nSPS) is 12.0. The zero-order valence-corrected chi connectivity index (χ0v) is 13.0. The summed E-state index contributed by atoms with van der Waals surface area (Å²) in [4.78, 5) is 17.2. The Labute approximate surface area is 123 Å². The van der Waals surface area contributed by atoms with Crippen molar-refractivity contribution in [1.29, 1.82) is 0 Å². The number of aromatic nitrogens is 1. The molecule has 2 N–H and O–H groups in total. The maximum atomic E-state index is 11.5. The van der Waals surface area contributed by atoms with E-state index < -0.39 is 0 Å². The van der Waals surface area contributed by atoms with Crippen LogP contribution in [0.25, 0.3) is 0 Å². The summed E-state index contributed by atoms with van der Waals surface area (Å²) in [6.45, 7) is 6.17. The molecule has 1 unspecified atom stereocenters. The van der Waals surface area contributed by atoms with Gasteiger partial charge >= 0.3 is 0 Å². The van der Waals surface area contributed by atoms with E-state index in [1.165, 1.54) is 4.88 Å². The second-order valence-electron chi connectivity index (χ2n) is 4.71. The zero-order valence-electron chi connectivity index (χ0n) is 12.2. The van der Waals surface area contributed by atoms with Crippen LogP contribution >= 0.6 is 11.3 Å². The molecule has 4 nitrogen and oxygen atoms in total. The van der Waals surface area contributed by atoms with E-state index >= 15 is 0 Å². The number of thiazole rings is 1. The Morgan fingerprint density at radius 1 is 1.25 bits per heavy atom. The van der Waals surface area contributed by atoms with Crippen LogP contribution in [0.2, 0.25) is 0 Å². The van der Waals surface area contributed by atoms with Gasteiger partial charge in [-0.05, 0) is 45.0 Å². The summed E-state index contributed by atoms with van der Waals surface area (Å²) in [5.74, 6) is -0.0708. The van der Waals surface area contributed by atoms with Crippen molar-refractivity contribution in [1.82, 2.24) is 10.3 Å². The number of aryl methyl sites for hydroxylation is 2. The third kappa shape index (κ3) is 3.17. The number of carbonyl (C=O) groups excluding carboxylic acids is 1. The van der Waals surface area contributed by atoms with E-state index in [0.29, 0.717) is 5.56 Å². The Hall–Kier alpha value is -1.88.